The maximum absolute atomic E-state index is 11.6. The Hall–Kier alpha value is -1.19. The van der Waals surface area contributed by atoms with Crippen LogP contribution in [0.3, 0.4) is 0 Å². The number of carbonyl (C=O) groups is 1. The van der Waals surface area contributed by atoms with Gasteiger partial charge in [0.25, 0.3) is 0 Å². The number of hydrogen-bond acceptors (Lipinski definition) is 7. The van der Waals surface area contributed by atoms with E-state index in [9.17, 15) is 4.79 Å². The summed E-state index contributed by atoms with van der Waals surface area (Å²) in [6.45, 7) is 1.47. The highest BCUT2D eigenvalue weighted by Gasteiger charge is 2.28. The van der Waals surface area contributed by atoms with Crippen molar-refractivity contribution in [2.75, 3.05) is 32.1 Å². The fourth-order valence-electron chi connectivity index (χ4n) is 1.58. The molecule has 9 heteroatoms. The molecule has 112 valence electrons. The smallest absolute Gasteiger partial charge is 0.230 e. The summed E-state index contributed by atoms with van der Waals surface area (Å²) in [4.78, 5) is 11.6. The average Bonchev–Trinajstić information content (AvgIpc) is 3.19. The second-order valence-corrected chi connectivity index (χ2v) is 5.41. The van der Waals surface area contributed by atoms with E-state index in [1.54, 1.807) is 4.68 Å². The summed E-state index contributed by atoms with van der Waals surface area (Å²) >= 11 is 1.35. The predicted octanol–water partition coefficient (Wildman–Crippen LogP) is -0.385. The molecule has 1 fully saturated rings. The average molecular weight is 301 g/mol. The van der Waals surface area contributed by atoms with Crippen molar-refractivity contribution in [1.29, 1.82) is 0 Å². The number of hydrogen-bond donors (Lipinski definition) is 2. The van der Waals surface area contributed by atoms with Crippen molar-refractivity contribution in [3.63, 3.8) is 0 Å². The molecule has 0 radical (unpaired) electrons. The number of amides is 1. The summed E-state index contributed by atoms with van der Waals surface area (Å²) in [7, 11) is 0. The molecule has 0 spiro atoms. The van der Waals surface area contributed by atoms with Gasteiger partial charge in [-0.15, -0.1) is 5.10 Å². The standard InChI is InChI=1S/C11H19N5O3S/c17-5-7-19-6-1-4-12-10(18)8-20-11-13-14-15-16(11)9-2-3-9/h9,17H,1-8H2,(H,12,18). The van der Waals surface area contributed by atoms with E-state index in [-0.39, 0.29) is 12.5 Å². The van der Waals surface area contributed by atoms with Crippen LogP contribution in [0.1, 0.15) is 25.3 Å². The zero-order valence-electron chi connectivity index (χ0n) is 11.2. The molecule has 1 aliphatic rings. The third kappa shape index (κ3) is 5.06. The Labute approximate surface area is 121 Å². The zero-order chi connectivity index (χ0) is 14.2. The molecule has 0 unspecified atom stereocenters. The highest BCUT2D eigenvalue weighted by Crippen LogP contribution is 2.36. The lowest BCUT2D eigenvalue weighted by Gasteiger charge is -2.05. The Bertz CT molecular complexity index is 424. The Morgan fingerprint density at radius 2 is 2.35 bits per heavy atom. The molecule has 2 N–H and O–H groups in total. The first kappa shape index (κ1) is 15.2. The number of rotatable bonds is 10. The van der Waals surface area contributed by atoms with Crippen molar-refractivity contribution in [3.05, 3.63) is 0 Å². The van der Waals surface area contributed by atoms with E-state index in [0.29, 0.717) is 36.7 Å². The molecule has 0 atom stereocenters. The third-order valence-corrected chi connectivity index (χ3v) is 3.64. The van der Waals surface area contributed by atoms with Crippen LogP contribution >= 0.6 is 11.8 Å². The summed E-state index contributed by atoms with van der Waals surface area (Å²) in [5.41, 5.74) is 0. The normalized spacial score (nSPS) is 14.4. The number of tetrazole rings is 1. The van der Waals surface area contributed by atoms with Crippen LogP contribution in [-0.4, -0.2) is 63.3 Å². The minimum atomic E-state index is -0.0393. The first-order valence-corrected chi connectivity index (χ1v) is 7.66. The Morgan fingerprint density at radius 3 is 3.10 bits per heavy atom. The fraction of sp³-hybridized carbons (Fsp3) is 0.818. The maximum Gasteiger partial charge on any atom is 0.230 e. The second-order valence-electron chi connectivity index (χ2n) is 4.47. The van der Waals surface area contributed by atoms with Crippen LogP contribution in [0.5, 0.6) is 0 Å². The van der Waals surface area contributed by atoms with Gasteiger partial charge in [-0.05, 0) is 29.7 Å². The lowest BCUT2D eigenvalue weighted by Crippen LogP contribution is -2.27. The topological polar surface area (TPSA) is 102 Å². The van der Waals surface area contributed by atoms with Gasteiger partial charge in [0.1, 0.15) is 0 Å². The van der Waals surface area contributed by atoms with Gasteiger partial charge in [0.15, 0.2) is 0 Å². The highest BCUT2D eigenvalue weighted by molar-refractivity contribution is 7.99. The molecule has 0 saturated heterocycles. The van der Waals surface area contributed by atoms with E-state index in [0.717, 1.165) is 19.3 Å². The Balaban J connectivity index is 1.56. The van der Waals surface area contributed by atoms with Gasteiger partial charge in [-0.3, -0.25) is 4.79 Å². The van der Waals surface area contributed by atoms with Gasteiger partial charge in [0.05, 0.1) is 25.0 Å². The van der Waals surface area contributed by atoms with Crippen molar-refractivity contribution < 1.29 is 14.6 Å². The number of thioether (sulfide) groups is 1. The van der Waals surface area contributed by atoms with Gasteiger partial charge in [-0.1, -0.05) is 11.8 Å². The van der Waals surface area contributed by atoms with Gasteiger partial charge >= 0.3 is 0 Å². The molecule has 1 aliphatic carbocycles. The molecule has 1 aromatic rings. The largest absolute Gasteiger partial charge is 0.394 e. The first-order valence-electron chi connectivity index (χ1n) is 6.67. The minimum absolute atomic E-state index is 0.0265. The molecule has 1 saturated carbocycles. The molecule has 0 aliphatic heterocycles. The van der Waals surface area contributed by atoms with E-state index < -0.39 is 0 Å². The van der Waals surface area contributed by atoms with Crippen LogP contribution in [-0.2, 0) is 9.53 Å². The van der Waals surface area contributed by atoms with Gasteiger partial charge < -0.3 is 15.2 Å². The Kier molecular flexibility index (Phi) is 6.22. The Morgan fingerprint density at radius 1 is 1.50 bits per heavy atom. The number of aliphatic hydroxyl groups excluding tert-OH is 1. The number of ether oxygens (including phenoxy) is 1. The number of aromatic nitrogens is 4. The molecule has 0 bridgehead atoms. The van der Waals surface area contributed by atoms with E-state index >= 15 is 0 Å². The van der Waals surface area contributed by atoms with Crippen LogP contribution < -0.4 is 5.32 Å². The quantitative estimate of drug-likeness (QED) is 0.448. The molecular formula is C11H19N5O3S. The molecule has 8 nitrogen and oxygen atoms in total. The van der Waals surface area contributed by atoms with Crippen molar-refractivity contribution in [2.45, 2.75) is 30.5 Å². The summed E-state index contributed by atoms with van der Waals surface area (Å²) in [5.74, 6) is 0.271. The fourth-order valence-corrected chi connectivity index (χ4v) is 2.35. The molecule has 1 aromatic heterocycles. The number of nitrogens with one attached hydrogen (secondary N) is 1. The van der Waals surface area contributed by atoms with Crippen LogP contribution in [0.4, 0.5) is 0 Å². The lowest BCUT2D eigenvalue weighted by atomic mass is 10.4. The first-order chi connectivity index (χ1) is 9.81. The monoisotopic (exact) mass is 301 g/mol. The van der Waals surface area contributed by atoms with Crippen molar-refractivity contribution in [2.24, 2.45) is 0 Å². The number of aliphatic hydroxyl groups is 1. The molecule has 1 heterocycles. The molecular weight excluding hydrogens is 282 g/mol. The van der Waals surface area contributed by atoms with Crippen LogP contribution in [0, 0.1) is 0 Å². The molecule has 2 rings (SSSR count). The molecule has 20 heavy (non-hydrogen) atoms. The van der Waals surface area contributed by atoms with Gasteiger partial charge in [-0.2, -0.15) is 0 Å². The summed E-state index contributed by atoms with van der Waals surface area (Å²) in [6, 6.07) is 0.416. The van der Waals surface area contributed by atoms with Crippen LogP contribution in [0.25, 0.3) is 0 Å². The van der Waals surface area contributed by atoms with E-state index in [1.807, 2.05) is 0 Å². The van der Waals surface area contributed by atoms with E-state index in [1.165, 1.54) is 11.8 Å². The predicted molar refractivity (Wildman–Crippen MR) is 72.3 cm³/mol. The number of carbonyl (C=O) groups excluding carboxylic acids is 1. The summed E-state index contributed by atoms with van der Waals surface area (Å²) < 4.78 is 6.89. The SMILES string of the molecule is O=C(CSc1nnnn1C1CC1)NCCCOCCO. The maximum atomic E-state index is 11.6. The van der Waals surface area contributed by atoms with Gasteiger partial charge in [0, 0.05) is 13.2 Å². The van der Waals surface area contributed by atoms with Crippen molar-refractivity contribution >= 4 is 17.7 Å². The van der Waals surface area contributed by atoms with Crippen LogP contribution in [0.15, 0.2) is 5.16 Å². The molecule has 1 amide bonds. The highest BCUT2D eigenvalue weighted by atomic mass is 32.2. The van der Waals surface area contributed by atoms with E-state index in [2.05, 4.69) is 20.8 Å². The van der Waals surface area contributed by atoms with Gasteiger partial charge in [-0.25, -0.2) is 4.68 Å². The third-order valence-electron chi connectivity index (χ3n) is 2.71. The number of nitrogens with zero attached hydrogens (tertiary/aromatic N) is 4. The second kappa shape index (κ2) is 8.18. The summed E-state index contributed by atoms with van der Waals surface area (Å²) in [5, 5.41) is 23.5. The zero-order valence-corrected chi connectivity index (χ0v) is 12.0. The minimum Gasteiger partial charge on any atom is -0.394 e. The van der Waals surface area contributed by atoms with Crippen LogP contribution in [0.2, 0.25) is 0 Å². The summed E-state index contributed by atoms with van der Waals surface area (Å²) in [6.07, 6.45) is 2.95. The van der Waals surface area contributed by atoms with E-state index in [4.69, 9.17) is 9.84 Å². The lowest BCUT2D eigenvalue weighted by molar-refractivity contribution is -0.118. The van der Waals surface area contributed by atoms with Gasteiger partial charge in [0.2, 0.25) is 11.1 Å². The van der Waals surface area contributed by atoms with Crippen molar-refractivity contribution in [3.8, 4) is 0 Å². The molecule has 0 aromatic carbocycles. The van der Waals surface area contributed by atoms with Crippen molar-refractivity contribution in [1.82, 2.24) is 25.5 Å².